The summed E-state index contributed by atoms with van der Waals surface area (Å²) in [5.41, 5.74) is 1.73. The fraction of sp³-hybridized carbons (Fsp3) is 0.375. The first kappa shape index (κ1) is 14.8. The maximum absolute atomic E-state index is 12.6. The van der Waals surface area contributed by atoms with E-state index in [0.29, 0.717) is 13.1 Å². The van der Waals surface area contributed by atoms with Gasteiger partial charge in [-0.1, -0.05) is 0 Å². The molecule has 0 fully saturated rings. The Morgan fingerprint density at radius 3 is 3.00 bits per heavy atom. The second kappa shape index (κ2) is 5.72. The van der Waals surface area contributed by atoms with E-state index < -0.39 is 0 Å². The van der Waals surface area contributed by atoms with Gasteiger partial charge in [-0.2, -0.15) is 0 Å². The molecule has 24 heavy (non-hydrogen) atoms. The average Bonchev–Trinajstić information content (AvgIpc) is 3.15. The fourth-order valence-electron chi connectivity index (χ4n) is 3.23. The number of amidine groups is 1. The van der Waals surface area contributed by atoms with E-state index in [0.717, 1.165) is 41.7 Å². The lowest BCUT2D eigenvalue weighted by molar-refractivity contribution is -0.117. The first-order valence-electron chi connectivity index (χ1n) is 8.06. The minimum absolute atomic E-state index is 0.0323. The van der Waals surface area contributed by atoms with Gasteiger partial charge in [-0.15, -0.1) is 0 Å². The van der Waals surface area contributed by atoms with Gasteiger partial charge in [0.25, 0.3) is 5.91 Å². The van der Waals surface area contributed by atoms with Crippen molar-refractivity contribution in [1.29, 1.82) is 0 Å². The maximum atomic E-state index is 12.6. The molecule has 8 heteroatoms. The summed E-state index contributed by atoms with van der Waals surface area (Å²) in [6.07, 6.45) is 6.93. The second-order valence-electron chi connectivity index (χ2n) is 6.09. The molecule has 0 spiro atoms. The molecule has 0 radical (unpaired) electrons. The molecule has 1 aromatic rings. The summed E-state index contributed by atoms with van der Waals surface area (Å²) in [5, 5.41) is 13.6. The quantitative estimate of drug-likeness (QED) is 0.637. The molecule has 4 rings (SSSR count). The summed E-state index contributed by atoms with van der Waals surface area (Å²) in [7, 11) is 3.70. The van der Waals surface area contributed by atoms with Gasteiger partial charge in [0.05, 0.1) is 17.8 Å². The Hall–Kier alpha value is -2.74. The van der Waals surface area contributed by atoms with Crippen molar-refractivity contribution in [3.63, 3.8) is 0 Å². The summed E-state index contributed by atoms with van der Waals surface area (Å²) >= 11 is 0. The van der Waals surface area contributed by atoms with Crippen LogP contribution in [0.3, 0.4) is 0 Å². The van der Waals surface area contributed by atoms with E-state index in [1.54, 1.807) is 7.05 Å². The first-order chi connectivity index (χ1) is 11.7. The van der Waals surface area contributed by atoms with Crippen molar-refractivity contribution in [1.82, 2.24) is 25.2 Å². The van der Waals surface area contributed by atoms with Crippen molar-refractivity contribution in [2.75, 3.05) is 32.5 Å². The van der Waals surface area contributed by atoms with Crippen LogP contribution >= 0.6 is 0 Å². The topological polar surface area (TPSA) is 76.9 Å². The molecule has 4 heterocycles. The van der Waals surface area contributed by atoms with Crippen molar-refractivity contribution in [2.24, 2.45) is 4.99 Å². The Kier molecular flexibility index (Phi) is 3.53. The normalized spacial score (nSPS) is 22.9. The SMILES string of the molecule is CN=C1C=C2NC3=C(CN(C)N13)C(=O)NCCCn1ccc(c1)N2. The highest BCUT2D eigenvalue weighted by atomic mass is 16.1. The van der Waals surface area contributed by atoms with Crippen LogP contribution in [0.4, 0.5) is 5.69 Å². The van der Waals surface area contributed by atoms with Gasteiger partial charge in [-0.25, -0.2) is 10.0 Å². The molecule has 0 saturated carbocycles. The van der Waals surface area contributed by atoms with Crippen molar-refractivity contribution in [3.05, 3.63) is 41.8 Å². The molecule has 0 unspecified atom stereocenters. The summed E-state index contributed by atoms with van der Waals surface area (Å²) in [4.78, 5) is 17.0. The van der Waals surface area contributed by atoms with Crippen LogP contribution in [0.1, 0.15) is 6.42 Å². The summed E-state index contributed by atoms with van der Waals surface area (Å²) in [6, 6.07) is 2.04. The van der Waals surface area contributed by atoms with Gasteiger partial charge in [0.2, 0.25) is 0 Å². The zero-order valence-corrected chi connectivity index (χ0v) is 13.8. The summed E-state index contributed by atoms with van der Waals surface area (Å²) in [5.74, 6) is 2.32. The van der Waals surface area contributed by atoms with Crippen LogP contribution in [0, 0.1) is 0 Å². The van der Waals surface area contributed by atoms with Crippen LogP contribution in [-0.4, -0.2) is 53.5 Å². The van der Waals surface area contributed by atoms with Crippen LogP contribution in [0.2, 0.25) is 0 Å². The van der Waals surface area contributed by atoms with Crippen LogP contribution in [0.5, 0.6) is 0 Å². The fourth-order valence-corrected chi connectivity index (χ4v) is 3.23. The van der Waals surface area contributed by atoms with Gasteiger partial charge < -0.3 is 20.5 Å². The number of carbonyl (C=O) groups excluding carboxylic acids is 1. The third-order valence-corrected chi connectivity index (χ3v) is 4.38. The average molecular weight is 327 g/mol. The van der Waals surface area contributed by atoms with E-state index >= 15 is 0 Å². The molecule has 3 N–H and O–H groups in total. The predicted molar refractivity (Wildman–Crippen MR) is 91.8 cm³/mol. The third kappa shape index (κ3) is 2.44. The van der Waals surface area contributed by atoms with Gasteiger partial charge in [0.15, 0.2) is 0 Å². The van der Waals surface area contributed by atoms with Crippen LogP contribution in [-0.2, 0) is 11.3 Å². The van der Waals surface area contributed by atoms with Crippen LogP contribution in [0.15, 0.2) is 46.7 Å². The van der Waals surface area contributed by atoms with Gasteiger partial charge in [-0.05, 0) is 12.5 Å². The van der Waals surface area contributed by atoms with E-state index in [2.05, 4.69) is 31.7 Å². The molecule has 4 bridgehead atoms. The molecule has 1 amide bonds. The predicted octanol–water partition coefficient (Wildman–Crippen LogP) is 0.267. The maximum Gasteiger partial charge on any atom is 0.252 e. The zero-order valence-electron chi connectivity index (χ0n) is 13.8. The summed E-state index contributed by atoms with van der Waals surface area (Å²) < 4.78 is 2.12. The number of nitrogens with zero attached hydrogens (tertiary/aromatic N) is 4. The number of carbonyl (C=O) groups is 1. The number of likely N-dealkylation sites (N-methyl/N-ethyl adjacent to an activating group) is 1. The molecule has 1 aromatic heterocycles. The number of hydrazine groups is 1. The van der Waals surface area contributed by atoms with Crippen molar-refractivity contribution in [3.8, 4) is 0 Å². The molecular formula is C16H21N7O. The molecule has 3 aliphatic rings. The lowest BCUT2D eigenvalue weighted by Crippen LogP contribution is -2.46. The van der Waals surface area contributed by atoms with Gasteiger partial charge in [0, 0.05) is 45.7 Å². The lowest BCUT2D eigenvalue weighted by atomic mass is 10.2. The molecular weight excluding hydrogens is 306 g/mol. The van der Waals surface area contributed by atoms with E-state index in [1.807, 2.05) is 35.4 Å². The third-order valence-electron chi connectivity index (χ3n) is 4.38. The summed E-state index contributed by atoms with van der Waals surface area (Å²) in [6.45, 7) is 2.06. The van der Waals surface area contributed by atoms with E-state index in [-0.39, 0.29) is 5.91 Å². The molecule has 8 nitrogen and oxygen atoms in total. The van der Waals surface area contributed by atoms with Crippen molar-refractivity contribution < 1.29 is 4.79 Å². The number of hydrogen-bond acceptors (Lipinski definition) is 5. The standard InChI is InChI=1S/C16H21N7O/c1-17-14-8-13-19-11-4-7-22(9-11)6-3-5-18-16(24)12-10-21(2)23(14)15(12)20-13/h4,7-9,19-20H,3,5-6,10H2,1-2H3,(H,18,24). The minimum Gasteiger partial charge on any atom is -0.352 e. The van der Waals surface area contributed by atoms with E-state index in [1.165, 1.54) is 0 Å². The number of amides is 1. The smallest absolute Gasteiger partial charge is 0.252 e. The largest absolute Gasteiger partial charge is 0.352 e. The Morgan fingerprint density at radius 2 is 2.17 bits per heavy atom. The monoisotopic (exact) mass is 327 g/mol. The van der Waals surface area contributed by atoms with E-state index in [9.17, 15) is 4.79 Å². The highest BCUT2D eigenvalue weighted by Gasteiger charge is 2.36. The highest BCUT2D eigenvalue weighted by molar-refractivity contribution is 6.00. The second-order valence-corrected chi connectivity index (χ2v) is 6.09. The lowest BCUT2D eigenvalue weighted by Gasteiger charge is -2.33. The number of hydrogen-bond donors (Lipinski definition) is 3. The highest BCUT2D eigenvalue weighted by Crippen LogP contribution is 2.26. The Bertz CT molecular complexity index is 773. The number of anilines is 1. The number of aryl methyl sites for hydroxylation is 1. The Morgan fingerprint density at radius 1 is 1.29 bits per heavy atom. The molecule has 0 aromatic carbocycles. The number of rotatable bonds is 0. The minimum atomic E-state index is -0.0323. The molecule has 0 saturated heterocycles. The van der Waals surface area contributed by atoms with Gasteiger partial charge in [0.1, 0.15) is 17.5 Å². The molecule has 0 aliphatic carbocycles. The van der Waals surface area contributed by atoms with Gasteiger partial charge in [-0.3, -0.25) is 9.79 Å². The number of fused-ring (bicyclic) bond motifs is 3. The molecule has 126 valence electrons. The van der Waals surface area contributed by atoms with Crippen molar-refractivity contribution >= 4 is 17.4 Å². The Labute approximate surface area is 140 Å². The first-order valence-corrected chi connectivity index (χ1v) is 8.06. The Balaban J connectivity index is 1.78. The number of aliphatic imine (C=N–C) groups is 1. The van der Waals surface area contributed by atoms with Crippen molar-refractivity contribution in [2.45, 2.75) is 13.0 Å². The molecule has 3 aliphatic heterocycles. The van der Waals surface area contributed by atoms with Crippen LogP contribution in [0.25, 0.3) is 0 Å². The van der Waals surface area contributed by atoms with Gasteiger partial charge >= 0.3 is 0 Å². The molecule has 0 atom stereocenters. The van der Waals surface area contributed by atoms with E-state index in [4.69, 9.17) is 0 Å². The number of nitrogens with one attached hydrogen (secondary N) is 3. The number of aromatic nitrogens is 1. The zero-order chi connectivity index (χ0) is 16.7. The van der Waals surface area contributed by atoms with Crippen LogP contribution < -0.4 is 16.0 Å².